The monoisotopic (exact) mass is 248 g/mol. The number of aryl methyl sites for hydroxylation is 1. The van der Waals surface area contributed by atoms with Crippen LogP contribution in [-0.2, 0) is 0 Å². The molecule has 0 radical (unpaired) electrons. The largest absolute Gasteiger partial charge is 0.476 e. The predicted octanol–water partition coefficient (Wildman–Crippen LogP) is 1.08. The normalized spacial score (nSPS) is 9.38. The van der Waals surface area contributed by atoms with Crippen molar-refractivity contribution in [3.8, 4) is 0 Å². The highest BCUT2D eigenvalue weighted by Gasteiger charge is 2.17. The van der Waals surface area contributed by atoms with Crippen LogP contribution in [0.15, 0.2) is 18.3 Å². The molecule has 0 unspecified atom stereocenters. The fourth-order valence-corrected chi connectivity index (χ4v) is 1.26. The Hall–Kier alpha value is -1.66. The summed E-state index contributed by atoms with van der Waals surface area (Å²) in [7, 11) is 0. The summed E-state index contributed by atoms with van der Waals surface area (Å²) >= 11 is 0. The van der Waals surface area contributed by atoms with Crippen LogP contribution >= 0.6 is 12.4 Å². The van der Waals surface area contributed by atoms with E-state index in [1.807, 2.05) is 0 Å². The third-order valence-electron chi connectivity index (χ3n) is 1.91. The van der Waals surface area contributed by atoms with Crippen LogP contribution < -0.4 is 0 Å². The maximum absolute atomic E-state index is 13.4. The van der Waals surface area contributed by atoms with E-state index < -0.39 is 17.6 Å². The van der Waals surface area contributed by atoms with E-state index in [1.165, 1.54) is 6.20 Å². The van der Waals surface area contributed by atoms with Gasteiger partial charge in [0.2, 0.25) is 11.6 Å². The van der Waals surface area contributed by atoms with Gasteiger partial charge >= 0.3 is 5.97 Å². The van der Waals surface area contributed by atoms with E-state index in [0.717, 1.165) is 9.96 Å². The maximum Gasteiger partial charge on any atom is 0.359 e. The molecule has 0 bridgehead atoms. The Morgan fingerprint density at radius 2 is 2.12 bits per heavy atom. The highest BCUT2D eigenvalue weighted by atomic mass is 35.5. The highest BCUT2D eigenvalue weighted by molar-refractivity contribution is 5.86. The van der Waals surface area contributed by atoms with Crippen molar-refractivity contribution >= 4 is 24.0 Å². The van der Waals surface area contributed by atoms with Crippen LogP contribution in [-0.4, -0.2) is 25.9 Å². The summed E-state index contributed by atoms with van der Waals surface area (Å²) in [5, 5.41) is 8.62. The number of nitrogens with zero attached hydrogens (tertiary/aromatic N) is 2. The molecule has 0 saturated carbocycles. The van der Waals surface area contributed by atoms with Gasteiger partial charge in [-0.1, -0.05) is 6.07 Å². The summed E-state index contributed by atoms with van der Waals surface area (Å²) in [6.07, 6.45) is 1.50. The molecule has 0 aliphatic heterocycles. The number of rotatable bonds is 1. The van der Waals surface area contributed by atoms with E-state index in [1.54, 1.807) is 19.1 Å². The Kier molecular flexibility index (Phi) is 4.40. The molecule has 5 nitrogen and oxygen atoms in total. The second-order valence-corrected chi connectivity index (χ2v) is 2.99. The van der Waals surface area contributed by atoms with Crippen molar-refractivity contribution in [2.24, 2.45) is 0 Å². The predicted molar refractivity (Wildman–Crippen MR) is 57.7 cm³/mol. The first-order valence-electron chi connectivity index (χ1n) is 3.97. The molecule has 0 aliphatic carbocycles. The Bertz CT molecular complexity index is 527. The van der Waals surface area contributed by atoms with Crippen molar-refractivity contribution in [2.45, 2.75) is 6.92 Å². The lowest BCUT2D eigenvalue weighted by Gasteiger charge is -1.94. The van der Waals surface area contributed by atoms with Gasteiger partial charge in [-0.15, -0.1) is 12.4 Å². The number of fused-ring (bicyclic) bond motifs is 1. The van der Waals surface area contributed by atoms with Crippen LogP contribution in [0.1, 0.15) is 16.1 Å². The number of imidazole rings is 1. The highest BCUT2D eigenvalue weighted by Crippen LogP contribution is 2.12. The number of hydrogen-bond acceptors (Lipinski definition) is 2. The van der Waals surface area contributed by atoms with Gasteiger partial charge in [0.05, 0.1) is 0 Å². The Morgan fingerprint density at radius 1 is 1.50 bits per heavy atom. The third kappa shape index (κ3) is 2.12. The number of pyridine rings is 1. The topological polar surface area (TPSA) is 86.1 Å². The van der Waals surface area contributed by atoms with Gasteiger partial charge < -0.3 is 10.6 Å². The molecule has 0 saturated heterocycles. The lowest BCUT2D eigenvalue weighted by Crippen LogP contribution is -2.00. The maximum atomic E-state index is 13.4. The zero-order valence-corrected chi connectivity index (χ0v) is 9.08. The minimum atomic E-state index is -1.36. The van der Waals surface area contributed by atoms with E-state index in [-0.39, 0.29) is 17.9 Å². The summed E-state index contributed by atoms with van der Waals surface area (Å²) in [5.74, 6) is -2.19. The third-order valence-corrected chi connectivity index (χ3v) is 1.91. The molecule has 0 fully saturated rings. The van der Waals surface area contributed by atoms with E-state index in [2.05, 4.69) is 4.98 Å². The van der Waals surface area contributed by atoms with Gasteiger partial charge in [0, 0.05) is 6.20 Å². The van der Waals surface area contributed by atoms with Crippen molar-refractivity contribution in [3.05, 3.63) is 35.5 Å². The van der Waals surface area contributed by atoms with Crippen LogP contribution in [0.4, 0.5) is 4.39 Å². The van der Waals surface area contributed by atoms with Crippen LogP contribution in [0.25, 0.3) is 5.65 Å². The van der Waals surface area contributed by atoms with Gasteiger partial charge in [0.25, 0.3) is 0 Å². The molecule has 3 N–H and O–H groups in total. The summed E-state index contributed by atoms with van der Waals surface area (Å²) in [5.41, 5.74) is 0.590. The van der Waals surface area contributed by atoms with Crippen LogP contribution in [0.5, 0.6) is 0 Å². The lowest BCUT2D eigenvalue weighted by atomic mass is 10.3. The van der Waals surface area contributed by atoms with Gasteiger partial charge in [-0.3, -0.25) is 4.40 Å². The molecule has 88 valence electrons. The molecule has 0 spiro atoms. The first-order chi connectivity index (χ1) is 6.59. The van der Waals surface area contributed by atoms with Crippen molar-refractivity contribution in [1.29, 1.82) is 0 Å². The Balaban J connectivity index is 0.00000112. The minimum Gasteiger partial charge on any atom is -0.476 e. The van der Waals surface area contributed by atoms with Crippen molar-refractivity contribution in [1.82, 2.24) is 9.38 Å². The lowest BCUT2D eigenvalue weighted by molar-refractivity contribution is 0.0685. The Labute approximate surface area is 96.3 Å². The SMILES string of the molecule is Cc1ccc2nc(C(=O)O)c(F)n2c1.Cl.O. The summed E-state index contributed by atoms with van der Waals surface area (Å²) in [6.45, 7) is 1.79. The zero-order chi connectivity index (χ0) is 10.3. The molecular formula is C9H10ClFN2O3. The molecule has 2 aromatic rings. The number of halogens is 2. The standard InChI is InChI=1S/C9H7FN2O2.ClH.H2O/c1-5-2-3-6-11-7(9(13)14)8(10)12(6)4-5;;/h2-4H,1H3,(H,13,14);1H;1H2. The number of aromatic carboxylic acids is 1. The van der Waals surface area contributed by atoms with Crippen LogP contribution in [0.2, 0.25) is 0 Å². The molecule has 0 amide bonds. The number of hydrogen-bond donors (Lipinski definition) is 1. The van der Waals surface area contributed by atoms with Gasteiger partial charge in [0.15, 0.2) is 0 Å². The van der Waals surface area contributed by atoms with Gasteiger partial charge in [0.1, 0.15) is 5.65 Å². The first-order valence-corrected chi connectivity index (χ1v) is 3.97. The molecule has 2 aromatic heterocycles. The quantitative estimate of drug-likeness (QED) is 0.819. The van der Waals surface area contributed by atoms with E-state index >= 15 is 0 Å². The number of carbonyl (C=O) groups is 1. The minimum absolute atomic E-state index is 0. The smallest absolute Gasteiger partial charge is 0.359 e. The van der Waals surface area contributed by atoms with Gasteiger partial charge in [-0.2, -0.15) is 4.39 Å². The van der Waals surface area contributed by atoms with E-state index in [0.29, 0.717) is 5.65 Å². The molecular weight excluding hydrogens is 239 g/mol. The Morgan fingerprint density at radius 3 is 2.69 bits per heavy atom. The van der Waals surface area contributed by atoms with E-state index in [4.69, 9.17) is 5.11 Å². The molecule has 2 heterocycles. The zero-order valence-electron chi connectivity index (χ0n) is 8.27. The number of carboxylic acids is 1. The number of aromatic nitrogens is 2. The molecule has 7 heteroatoms. The second kappa shape index (κ2) is 4.91. The summed E-state index contributed by atoms with van der Waals surface area (Å²) in [4.78, 5) is 14.2. The number of carboxylic acid groups (broad SMARTS) is 1. The van der Waals surface area contributed by atoms with Crippen molar-refractivity contribution in [3.63, 3.8) is 0 Å². The average molecular weight is 249 g/mol. The average Bonchev–Trinajstić information content (AvgIpc) is 2.44. The van der Waals surface area contributed by atoms with Gasteiger partial charge in [-0.05, 0) is 18.6 Å². The van der Waals surface area contributed by atoms with Gasteiger partial charge in [-0.25, -0.2) is 9.78 Å². The molecule has 0 aliphatic rings. The second-order valence-electron chi connectivity index (χ2n) is 2.99. The molecule has 0 aromatic carbocycles. The van der Waals surface area contributed by atoms with Crippen LogP contribution in [0.3, 0.4) is 0 Å². The first kappa shape index (κ1) is 14.3. The molecule has 2 rings (SSSR count). The van der Waals surface area contributed by atoms with Crippen molar-refractivity contribution < 1.29 is 19.8 Å². The fraction of sp³-hybridized carbons (Fsp3) is 0.111. The van der Waals surface area contributed by atoms with E-state index in [9.17, 15) is 9.18 Å². The summed E-state index contributed by atoms with van der Waals surface area (Å²) < 4.78 is 14.5. The van der Waals surface area contributed by atoms with Crippen molar-refractivity contribution in [2.75, 3.05) is 0 Å². The summed E-state index contributed by atoms with van der Waals surface area (Å²) in [6, 6.07) is 3.32. The van der Waals surface area contributed by atoms with Crippen LogP contribution in [0, 0.1) is 12.9 Å². The fourth-order valence-electron chi connectivity index (χ4n) is 1.26. The molecule has 0 atom stereocenters. The molecule has 16 heavy (non-hydrogen) atoms.